The topological polar surface area (TPSA) is 207 Å². The Kier molecular flexibility index (Phi) is 21.1. The van der Waals surface area contributed by atoms with Crippen LogP contribution in [0.15, 0.2) is 109 Å². The van der Waals surface area contributed by atoms with Gasteiger partial charge < -0.3 is 43.6 Å². The number of amides is 3. The second kappa shape index (κ2) is 26.2. The highest BCUT2D eigenvalue weighted by Crippen LogP contribution is 2.26. The molecule has 3 unspecified atom stereocenters. The fourth-order valence-electron chi connectivity index (χ4n) is 8.28. The van der Waals surface area contributed by atoms with E-state index in [2.05, 4.69) is 36.8 Å². The number of pyridine rings is 2. The Morgan fingerprint density at radius 2 is 1.09 bits per heavy atom. The molecule has 2 N–H and O–H groups in total. The van der Waals surface area contributed by atoms with E-state index in [9.17, 15) is 32.4 Å². The van der Waals surface area contributed by atoms with E-state index in [0.717, 1.165) is 38.1 Å². The van der Waals surface area contributed by atoms with E-state index < -0.39 is 26.9 Å². The Morgan fingerprint density at radius 1 is 0.640 bits per heavy atom. The molecule has 3 atom stereocenters. The number of rotatable bonds is 7. The van der Waals surface area contributed by atoms with E-state index >= 15 is 0 Å². The number of aromatic nitrogens is 2. The molecule has 0 radical (unpaired) electrons. The molecule has 3 amide bonds. The third-order valence-electron chi connectivity index (χ3n) is 12.0. The number of hydrogen-bond acceptors (Lipinski definition) is 12. The molecule has 5 aromatic rings. The van der Waals surface area contributed by atoms with Crippen molar-refractivity contribution in [3.8, 4) is 0 Å². The number of halogens is 2. The summed E-state index contributed by atoms with van der Waals surface area (Å²) < 4.78 is 48.9. The molecule has 3 fully saturated rings. The van der Waals surface area contributed by atoms with Crippen LogP contribution in [-0.4, -0.2) is 125 Å². The maximum absolute atomic E-state index is 12.8. The van der Waals surface area contributed by atoms with Crippen LogP contribution < -0.4 is 11.1 Å². The van der Waals surface area contributed by atoms with Crippen LogP contribution in [0.3, 0.4) is 0 Å². The summed E-state index contributed by atoms with van der Waals surface area (Å²) in [5.74, 6) is 0.463. The SMILES string of the molecule is CC(C)(C)OC(=O)N1CCC(CO)C1.CC(C)(C)OC(=O)N1CCC(Cn2ccc3cccc(Br)c3c2=O)C1.Cc1ccc(S(=O)(=O)OCC2CCN(C(=O)OC(C)(C)C)C2)cc1.O=c1[nH]ccc2cccc(Br)c12. The van der Waals surface area contributed by atoms with Crippen LogP contribution in [0.25, 0.3) is 21.5 Å². The third-order valence-corrected chi connectivity index (χ3v) is 14.6. The summed E-state index contributed by atoms with van der Waals surface area (Å²) >= 11 is 6.80. The Bertz CT molecular complexity index is 2980. The van der Waals surface area contributed by atoms with Gasteiger partial charge in [-0.3, -0.25) is 13.8 Å². The van der Waals surface area contributed by atoms with Crippen molar-refractivity contribution in [1.29, 1.82) is 0 Å². The van der Waals surface area contributed by atoms with Crippen molar-refractivity contribution >= 4 is 81.8 Å². The van der Waals surface area contributed by atoms with Crippen LogP contribution in [0.4, 0.5) is 14.4 Å². The zero-order chi connectivity index (χ0) is 55.5. The van der Waals surface area contributed by atoms with E-state index in [1.54, 1.807) is 37.6 Å². The number of H-pyrrole nitrogens is 1. The average Bonchev–Trinajstić information content (AvgIpc) is 4.11. The minimum Gasteiger partial charge on any atom is -0.444 e. The number of hydrogen-bond donors (Lipinski definition) is 2. The largest absolute Gasteiger partial charge is 0.444 e. The highest BCUT2D eigenvalue weighted by atomic mass is 79.9. The fraction of sp³-hybridized carbons (Fsp3) is 0.509. The molecule has 17 nitrogen and oxygen atoms in total. The van der Waals surface area contributed by atoms with Crippen LogP contribution >= 0.6 is 31.9 Å². The van der Waals surface area contributed by atoms with Crippen LogP contribution in [0.2, 0.25) is 0 Å². The van der Waals surface area contributed by atoms with Crippen molar-refractivity contribution in [3.63, 3.8) is 0 Å². The van der Waals surface area contributed by atoms with E-state index in [0.29, 0.717) is 63.0 Å². The molecule has 0 bridgehead atoms. The van der Waals surface area contributed by atoms with Gasteiger partial charge >= 0.3 is 18.3 Å². The first kappa shape index (κ1) is 60.6. The van der Waals surface area contributed by atoms with Gasteiger partial charge in [-0.15, -0.1) is 0 Å². The molecule has 8 rings (SSSR count). The molecule has 3 saturated heterocycles. The summed E-state index contributed by atoms with van der Waals surface area (Å²) in [4.78, 5) is 67.6. The Morgan fingerprint density at radius 3 is 1.57 bits per heavy atom. The monoisotopic (exact) mass is 1190 g/mol. The lowest BCUT2D eigenvalue weighted by molar-refractivity contribution is 0.0273. The Labute approximate surface area is 457 Å². The van der Waals surface area contributed by atoms with Gasteiger partial charge in [0.2, 0.25) is 0 Å². The summed E-state index contributed by atoms with van der Waals surface area (Å²) in [5, 5.41) is 12.2. The van der Waals surface area contributed by atoms with Crippen molar-refractivity contribution in [2.75, 3.05) is 52.5 Å². The zero-order valence-electron chi connectivity index (χ0n) is 44.7. The number of aliphatic hydroxyl groups is 1. The first-order chi connectivity index (χ1) is 35.0. The normalized spacial score (nSPS) is 17.8. The number of nitrogens with zero attached hydrogens (tertiary/aromatic N) is 4. The second-order valence-electron chi connectivity index (χ2n) is 22.0. The summed E-state index contributed by atoms with van der Waals surface area (Å²) in [6, 6.07) is 21.8. The number of aromatic amines is 1. The van der Waals surface area contributed by atoms with Gasteiger partial charge in [-0.1, -0.05) is 42.0 Å². The molecular weight excluding hydrogens is 1110 g/mol. The van der Waals surface area contributed by atoms with Crippen molar-refractivity contribution in [2.45, 2.75) is 117 Å². The van der Waals surface area contributed by atoms with E-state index in [1.165, 1.54) is 12.1 Å². The van der Waals surface area contributed by atoms with Gasteiger partial charge in [-0.25, -0.2) is 14.4 Å². The lowest BCUT2D eigenvalue weighted by atomic mass is 10.1. The number of likely N-dealkylation sites (tertiary alicyclic amines) is 3. The van der Waals surface area contributed by atoms with Crippen LogP contribution in [0.1, 0.15) is 87.1 Å². The Hall–Kier alpha value is -5.28. The van der Waals surface area contributed by atoms with Gasteiger partial charge in [0.15, 0.2) is 0 Å². The first-order valence-electron chi connectivity index (χ1n) is 25.1. The molecule has 3 aliphatic rings. The molecule has 3 aliphatic heterocycles. The van der Waals surface area contributed by atoms with E-state index in [4.69, 9.17) is 23.5 Å². The molecule has 0 spiro atoms. The summed E-state index contributed by atoms with van der Waals surface area (Å²) in [5.41, 5.74) is -0.538. The second-order valence-corrected chi connectivity index (χ2v) is 25.3. The number of aliphatic hydroxyl groups excluding tert-OH is 1. The Balaban J connectivity index is 0.000000193. The van der Waals surface area contributed by atoms with Gasteiger partial charge in [-0.05, 0) is 173 Å². The minimum absolute atomic E-state index is 0.000642. The van der Waals surface area contributed by atoms with Gasteiger partial charge in [0.05, 0.1) is 22.3 Å². The predicted octanol–water partition coefficient (Wildman–Crippen LogP) is 10.5. The molecule has 20 heteroatoms. The third kappa shape index (κ3) is 18.8. The standard InChI is InChI=1S/C19H23BrN2O3.C17H25NO5S.C10H19NO3.C9H6BrNO/c1-19(2,3)25-18(24)22-9-7-13(12-22)11-21-10-8-14-5-4-6-15(20)16(14)17(21)23;1-13-5-7-15(8-6-13)24(20,21)22-12-14-9-10-18(11-14)16(19)23-17(2,3)4;1-10(2,3)14-9(13)11-5-4-8(6-11)7-12;10-7-3-1-2-6-4-5-11-9(12)8(6)7/h4-6,8,10,13H,7,9,11-12H2,1-3H3;5-8,14H,9-12H2,1-4H3;8,12H,4-7H2,1-3H3;1-5H,(H,11,12). The van der Waals surface area contributed by atoms with Gasteiger partial charge in [0, 0.05) is 85.6 Å². The molecule has 0 saturated carbocycles. The van der Waals surface area contributed by atoms with Crippen LogP contribution in [-0.2, 0) is 35.1 Å². The molecule has 5 heterocycles. The number of benzene rings is 3. The smallest absolute Gasteiger partial charge is 0.410 e. The number of nitrogens with one attached hydrogen (secondary N) is 1. The van der Waals surface area contributed by atoms with Gasteiger partial charge in [0.25, 0.3) is 21.2 Å². The average molecular weight is 1190 g/mol. The highest BCUT2D eigenvalue weighted by molar-refractivity contribution is 9.11. The summed E-state index contributed by atoms with van der Waals surface area (Å²) in [6.07, 6.45) is 5.02. The lowest BCUT2D eigenvalue weighted by Gasteiger charge is -2.24. The zero-order valence-corrected chi connectivity index (χ0v) is 48.7. The molecular formula is C55H73Br2N5O12S. The summed E-state index contributed by atoms with van der Waals surface area (Å²) in [6.45, 7) is 22.9. The summed E-state index contributed by atoms with van der Waals surface area (Å²) in [7, 11) is -3.77. The molecule has 75 heavy (non-hydrogen) atoms. The minimum atomic E-state index is -3.77. The number of aryl methyl sites for hydroxylation is 1. The first-order valence-corrected chi connectivity index (χ1v) is 28.1. The number of fused-ring (bicyclic) bond motifs is 2. The van der Waals surface area contributed by atoms with Crippen molar-refractivity contribution in [2.24, 2.45) is 17.8 Å². The molecule has 0 aliphatic carbocycles. The maximum atomic E-state index is 12.8. The van der Waals surface area contributed by atoms with E-state index in [1.807, 2.05) is 124 Å². The quantitative estimate of drug-likeness (QED) is 0.115. The van der Waals surface area contributed by atoms with Crippen LogP contribution in [0, 0.1) is 24.7 Å². The van der Waals surface area contributed by atoms with Crippen molar-refractivity contribution in [3.05, 3.63) is 120 Å². The maximum Gasteiger partial charge on any atom is 0.410 e. The number of ether oxygens (including phenoxy) is 3. The number of carbonyl (C=O) groups is 3. The van der Waals surface area contributed by atoms with Crippen LogP contribution in [0.5, 0.6) is 0 Å². The fourth-order valence-corrected chi connectivity index (χ4v) is 10.4. The highest BCUT2D eigenvalue weighted by Gasteiger charge is 2.33. The van der Waals surface area contributed by atoms with Crippen molar-refractivity contribution in [1.82, 2.24) is 24.3 Å². The predicted molar refractivity (Wildman–Crippen MR) is 297 cm³/mol. The number of carbonyl (C=O) groups excluding carboxylic acids is 3. The molecule has 410 valence electrons. The van der Waals surface area contributed by atoms with Gasteiger partial charge in [0.1, 0.15) is 16.8 Å². The van der Waals surface area contributed by atoms with Gasteiger partial charge in [-0.2, -0.15) is 8.42 Å². The lowest BCUT2D eigenvalue weighted by Crippen LogP contribution is -2.35. The molecule has 2 aromatic heterocycles. The van der Waals surface area contributed by atoms with Crippen molar-refractivity contribution < 1.29 is 46.3 Å². The molecule has 3 aromatic carbocycles. The van der Waals surface area contributed by atoms with E-state index in [-0.39, 0.29) is 65.3 Å².